The van der Waals surface area contributed by atoms with Crippen LogP contribution in [0.5, 0.6) is 0 Å². The van der Waals surface area contributed by atoms with Crippen molar-refractivity contribution in [2.45, 2.75) is 39.0 Å². The van der Waals surface area contributed by atoms with Crippen molar-refractivity contribution in [2.75, 3.05) is 0 Å². The number of fused-ring (bicyclic) bond motifs is 1. The van der Waals surface area contributed by atoms with Crippen molar-refractivity contribution in [3.8, 4) is 0 Å². The fraction of sp³-hybridized carbons (Fsp3) is 0.500. The summed E-state index contributed by atoms with van der Waals surface area (Å²) in [5.74, 6) is 0.112. The Labute approximate surface area is 96.3 Å². The van der Waals surface area contributed by atoms with Gasteiger partial charge in [-0.25, -0.2) is 0 Å². The molecule has 0 radical (unpaired) electrons. The molecule has 1 aliphatic rings. The number of hydrogen-bond acceptors (Lipinski definition) is 1. The predicted molar refractivity (Wildman–Crippen MR) is 63.7 cm³/mol. The molecule has 0 spiro atoms. The van der Waals surface area contributed by atoms with Gasteiger partial charge in [-0.3, -0.25) is 4.79 Å². The number of carboxylic acids is 1. The highest BCUT2D eigenvalue weighted by Crippen LogP contribution is 2.37. The largest absolute Gasteiger partial charge is 0.481 e. The van der Waals surface area contributed by atoms with Gasteiger partial charge in [0.05, 0.1) is 6.42 Å². The number of rotatable bonds is 2. The molecule has 1 N–H and O–H groups in total. The van der Waals surface area contributed by atoms with E-state index in [0.29, 0.717) is 5.92 Å². The van der Waals surface area contributed by atoms with E-state index in [2.05, 4.69) is 32.0 Å². The van der Waals surface area contributed by atoms with Gasteiger partial charge in [-0.15, -0.1) is 0 Å². The maximum absolute atomic E-state index is 10.9. The summed E-state index contributed by atoms with van der Waals surface area (Å²) < 4.78 is 0. The second-order valence-electron chi connectivity index (χ2n) is 5.04. The van der Waals surface area contributed by atoms with Crippen LogP contribution in [0.2, 0.25) is 0 Å². The minimum absolute atomic E-state index is 0.205. The van der Waals surface area contributed by atoms with Gasteiger partial charge in [0, 0.05) is 0 Å². The van der Waals surface area contributed by atoms with Crippen LogP contribution in [0.4, 0.5) is 0 Å². The third-order valence-corrected chi connectivity index (χ3v) is 3.41. The molecule has 2 unspecified atom stereocenters. The van der Waals surface area contributed by atoms with Crippen LogP contribution in [0.3, 0.4) is 0 Å². The van der Waals surface area contributed by atoms with Crippen LogP contribution in [-0.2, 0) is 11.2 Å². The molecule has 1 aromatic carbocycles. The Morgan fingerprint density at radius 2 is 2.25 bits per heavy atom. The number of carboxylic acid groups (broad SMARTS) is 1. The summed E-state index contributed by atoms with van der Waals surface area (Å²) in [6.07, 6.45) is 2.36. The molecule has 0 saturated heterocycles. The molecule has 0 aromatic heterocycles. The van der Waals surface area contributed by atoms with Gasteiger partial charge in [-0.1, -0.05) is 30.7 Å². The van der Waals surface area contributed by atoms with Crippen molar-refractivity contribution in [3.05, 3.63) is 34.9 Å². The zero-order valence-corrected chi connectivity index (χ0v) is 9.86. The Bertz CT molecular complexity index is 409. The van der Waals surface area contributed by atoms with Crippen LogP contribution in [0.1, 0.15) is 42.4 Å². The zero-order chi connectivity index (χ0) is 11.7. The summed E-state index contributed by atoms with van der Waals surface area (Å²) in [6, 6.07) is 6.41. The Hall–Kier alpha value is -1.31. The quantitative estimate of drug-likeness (QED) is 0.828. The second kappa shape index (κ2) is 4.28. The lowest BCUT2D eigenvalue weighted by molar-refractivity contribution is -0.137. The van der Waals surface area contributed by atoms with E-state index in [0.717, 1.165) is 12.8 Å². The number of benzene rings is 1. The van der Waals surface area contributed by atoms with Gasteiger partial charge in [0.15, 0.2) is 0 Å². The minimum atomic E-state index is -0.689. The standard InChI is InChI=1S/C14H18O2/c1-9-3-4-13-11(5-9)6-10(2)7-12(13)8-14(15)16/h3-5,10,12H,6-8H2,1-2H3,(H,15,16). The van der Waals surface area contributed by atoms with Crippen molar-refractivity contribution in [3.63, 3.8) is 0 Å². The Morgan fingerprint density at radius 3 is 2.94 bits per heavy atom. The molecule has 16 heavy (non-hydrogen) atoms. The predicted octanol–water partition coefficient (Wildman–Crippen LogP) is 3.14. The molecule has 1 aliphatic carbocycles. The molecule has 2 rings (SSSR count). The third-order valence-electron chi connectivity index (χ3n) is 3.41. The van der Waals surface area contributed by atoms with Crippen LogP contribution < -0.4 is 0 Å². The first kappa shape index (κ1) is 11.2. The van der Waals surface area contributed by atoms with Crippen LogP contribution in [0.25, 0.3) is 0 Å². The SMILES string of the molecule is Cc1ccc2c(c1)CC(C)CC2CC(=O)O. The topological polar surface area (TPSA) is 37.3 Å². The summed E-state index contributed by atoms with van der Waals surface area (Å²) in [6.45, 7) is 4.30. The highest BCUT2D eigenvalue weighted by Gasteiger charge is 2.26. The molecule has 0 aliphatic heterocycles. The van der Waals surface area contributed by atoms with Crippen molar-refractivity contribution in [1.82, 2.24) is 0 Å². The smallest absolute Gasteiger partial charge is 0.303 e. The molecule has 0 heterocycles. The van der Waals surface area contributed by atoms with Crippen LogP contribution >= 0.6 is 0 Å². The van der Waals surface area contributed by atoms with E-state index in [1.807, 2.05) is 0 Å². The van der Waals surface area contributed by atoms with E-state index in [1.54, 1.807) is 0 Å². The first-order chi connectivity index (χ1) is 7.56. The lowest BCUT2D eigenvalue weighted by Gasteiger charge is -2.29. The van der Waals surface area contributed by atoms with Crippen LogP contribution in [0, 0.1) is 12.8 Å². The zero-order valence-electron chi connectivity index (χ0n) is 9.86. The summed E-state index contributed by atoms with van der Waals surface area (Å²) in [5, 5.41) is 8.93. The second-order valence-corrected chi connectivity index (χ2v) is 5.04. The van der Waals surface area contributed by atoms with Gasteiger partial charge in [0.25, 0.3) is 0 Å². The van der Waals surface area contributed by atoms with E-state index in [9.17, 15) is 4.79 Å². The molecule has 2 heteroatoms. The van der Waals surface area contributed by atoms with Gasteiger partial charge < -0.3 is 5.11 Å². The van der Waals surface area contributed by atoms with Crippen molar-refractivity contribution >= 4 is 5.97 Å². The third kappa shape index (κ3) is 2.26. The molecule has 2 nitrogen and oxygen atoms in total. The van der Waals surface area contributed by atoms with Gasteiger partial charge in [-0.2, -0.15) is 0 Å². The number of aliphatic carboxylic acids is 1. The summed E-state index contributed by atoms with van der Waals surface area (Å²) in [5.41, 5.74) is 3.87. The average molecular weight is 218 g/mol. The number of aryl methyl sites for hydroxylation is 1. The molecule has 1 aromatic rings. The summed E-state index contributed by atoms with van der Waals surface area (Å²) in [4.78, 5) is 10.9. The van der Waals surface area contributed by atoms with E-state index >= 15 is 0 Å². The van der Waals surface area contributed by atoms with E-state index < -0.39 is 5.97 Å². The van der Waals surface area contributed by atoms with Gasteiger partial charge in [0.2, 0.25) is 0 Å². The molecule has 0 amide bonds. The molecular formula is C14H18O2. The highest BCUT2D eigenvalue weighted by molar-refractivity contribution is 5.68. The fourth-order valence-electron chi connectivity index (χ4n) is 2.79. The Balaban J connectivity index is 2.34. The number of carbonyl (C=O) groups is 1. The van der Waals surface area contributed by atoms with Crippen LogP contribution in [0.15, 0.2) is 18.2 Å². The van der Waals surface area contributed by atoms with Crippen molar-refractivity contribution < 1.29 is 9.90 Å². The maximum Gasteiger partial charge on any atom is 0.303 e. The first-order valence-electron chi connectivity index (χ1n) is 5.87. The summed E-state index contributed by atoms with van der Waals surface area (Å²) >= 11 is 0. The Morgan fingerprint density at radius 1 is 1.50 bits per heavy atom. The lowest BCUT2D eigenvalue weighted by Crippen LogP contribution is -2.19. The monoisotopic (exact) mass is 218 g/mol. The molecule has 0 saturated carbocycles. The lowest BCUT2D eigenvalue weighted by atomic mass is 9.76. The molecule has 2 atom stereocenters. The first-order valence-corrected chi connectivity index (χ1v) is 5.87. The van der Waals surface area contributed by atoms with Crippen LogP contribution in [-0.4, -0.2) is 11.1 Å². The highest BCUT2D eigenvalue weighted by atomic mass is 16.4. The molecule has 0 bridgehead atoms. The molecular weight excluding hydrogens is 200 g/mol. The molecule has 86 valence electrons. The summed E-state index contributed by atoms with van der Waals surface area (Å²) in [7, 11) is 0. The molecule has 0 fully saturated rings. The Kier molecular flexibility index (Phi) is 2.99. The normalized spacial score (nSPS) is 23.9. The number of hydrogen-bond donors (Lipinski definition) is 1. The van der Waals surface area contributed by atoms with E-state index in [4.69, 9.17) is 5.11 Å². The minimum Gasteiger partial charge on any atom is -0.481 e. The van der Waals surface area contributed by atoms with E-state index in [1.165, 1.54) is 16.7 Å². The van der Waals surface area contributed by atoms with Gasteiger partial charge >= 0.3 is 5.97 Å². The maximum atomic E-state index is 10.9. The van der Waals surface area contributed by atoms with Crippen molar-refractivity contribution in [1.29, 1.82) is 0 Å². The van der Waals surface area contributed by atoms with Gasteiger partial charge in [0.1, 0.15) is 0 Å². The average Bonchev–Trinajstić information content (AvgIpc) is 2.15. The van der Waals surface area contributed by atoms with Gasteiger partial charge in [-0.05, 0) is 42.7 Å². The van der Waals surface area contributed by atoms with E-state index in [-0.39, 0.29) is 12.3 Å². The fourth-order valence-corrected chi connectivity index (χ4v) is 2.79. The van der Waals surface area contributed by atoms with Crippen molar-refractivity contribution in [2.24, 2.45) is 5.92 Å².